The molecule has 2 amide bonds. The van der Waals surface area contributed by atoms with Crippen LogP contribution in [0.2, 0.25) is 5.02 Å². The van der Waals surface area contributed by atoms with Gasteiger partial charge in [-0.1, -0.05) is 67.1 Å². The molecule has 202 valence electrons. The quantitative estimate of drug-likeness (QED) is 0.271. The molecule has 0 saturated heterocycles. The van der Waals surface area contributed by atoms with Gasteiger partial charge in [-0.2, -0.15) is 0 Å². The lowest BCUT2D eigenvalue weighted by molar-refractivity contribution is -0.139. The number of fused-ring (bicyclic) bond motifs is 2. The molecule has 8 heteroatoms. The highest BCUT2D eigenvalue weighted by Gasteiger charge is 2.52. The Labute approximate surface area is 247 Å². The monoisotopic (exact) mass is 656 g/mol. The smallest absolute Gasteiger partial charge is 0.264 e. The Bertz CT molecular complexity index is 1430. The van der Waals surface area contributed by atoms with Crippen LogP contribution in [-0.4, -0.2) is 39.6 Å². The summed E-state index contributed by atoms with van der Waals surface area (Å²) in [5, 5.41) is 22.2. The highest BCUT2D eigenvalue weighted by molar-refractivity contribution is 14.1. The van der Waals surface area contributed by atoms with E-state index in [1.54, 1.807) is 47.1 Å². The van der Waals surface area contributed by atoms with Crippen LogP contribution in [0.25, 0.3) is 0 Å². The highest BCUT2D eigenvalue weighted by Crippen LogP contribution is 2.46. The van der Waals surface area contributed by atoms with Gasteiger partial charge in [0, 0.05) is 33.0 Å². The van der Waals surface area contributed by atoms with Gasteiger partial charge < -0.3 is 20.0 Å². The first kappa shape index (κ1) is 27.8. The van der Waals surface area contributed by atoms with Gasteiger partial charge in [0.15, 0.2) is 5.60 Å². The molecule has 0 saturated carbocycles. The SMILES string of the molecule is C[C@H](/C=C/CC(=O)N1Cc2ccccc2C[C@H]1CO)[C@@]1(O)C(=O)N(Cc2ccc(I)cc2)c2ccc(Cl)cc21. The zero-order chi connectivity index (χ0) is 27.7. The molecule has 0 unspecified atom stereocenters. The number of nitrogens with zero attached hydrogens (tertiary/aromatic N) is 2. The minimum absolute atomic E-state index is 0.0993. The number of hydrogen-bond acceptors (Lipinski definition) is 4. The molecule has 0 spiro atoms. The fraction of sp³-hybridized carbons (Fsp3) is 0.290. The first-order valence-electron chi connectivity index (χ1n) is 12.9. The number of amides is 2. The van der Waals surface area contributed by atoms with Crippen molar-refractivity contribution in [2.75, 3.05) is 11.5 Å². The first-order valence-corrected chi connectivity index (χ1v) is 14.4. The number of hydrogen-bond donors (Lipinski definition) is 2. The van der Waals surface area contributed by atoms with E-state index in [4.69, 9.17) is 11.6 Å². The predicted molar refractivity (Wildman–Crippen MR) is 160 cm³/mol. The Balaban J connectivity index is 1.34. The van der Waals surface area contributed by atoms with Crippen LogP contribution < -0.4 is 4.90 Å². The molecule has 2 N–H and O–H groups in total. The summed E-state index contributed by atoms with van der Waals surface area (Å²) in [6, 6.07) is 20.7. The number of aliphatic hydroxyl groups excluding tert-OH is 1. The van der Waals surface area contributed by atoms with E-state index >= 15 is 0 Å². The molecule has 3 aromatic carbocycles. The molecule has 2 aliphatic rings. The predicted octanol–water partition coefficient (Wildman–Crippen LogP) is 5.21. The molecular formula is C31H30ClIN2O4. The summed E-state index contributed by atoms with van der Waals surface area (Å²) in [6.45, 7) is 2.43. The fourth-order valence-electron chi connectivity index (χ4n) is 5.52. The number of carbonyl (C=O) groups is 2. The van der Waals surface area contributed by atoms with E-state index in [2.05, 4.69) is 22.6 Å². The van der Waals surface area contributed by atoms with E-state index in [1.165, 1.54) is 0 Å². The van der Waals surface area contributed by atoms with Crippen molar-refractivity contribution in [2.45, 2.75) is 44.5 Å². The van der Waals surface area contributed by atoms with E-state index in [1.807, 2.05) is 48.5 Å². The molecule has 3 atom stereocenters. The number of halogens is 2. The minimum Gasteiger partial charge on any atom is -0.394 e. The zero-order valence-electron chi connectivity index (χ0n) is 21.6. The number of benzene rings is 3. The molecule has 2 aliphatic heterocycles. The van der Waals surface area contributed by atoms with Crippen LogP contribution in [0.15, 0.2) is 78.9 Å². The van der Waals surface area contributed by atoms with Gasteiger partial charge in [-0.25, -0.2) is 0 Å². The standard InChI is InChI=1S/C31H30ClIN2O4/c1-20(5-4-8-29(37)34-18-23-7-3-2-6-22(23)15-26(34)19-36)31(39)27-16-24(32)11-14-28(27)35(30(31)38)17-21-9-12-25(33)13-10-21/h2-7,9-14,16,20,26,36,39H,8,15,17-19H2,1H3/b5-4+/t20-,26+,31+/m1/s1. The Morgan fingerprint density at radius 1 is 1.15 bits per heavy atom. The van der Waals surface area contributed by atoms with E-state index in [-0.39, 0.29) is 25.0 Å². The van der Waals surface area contributed by atoms with E-state index in [0.29, 0.717) is 35.8 Å². The van der Waals surface area contributed by atoms with Gasteiger partial charge in [0.05, 0.1) is 24.9 Å². The van der Waals surface area contributed by atoms with Crippen molar-refractivity contribution in [3.63, 3.8) is 0 Å². The third-order valence-corrected chi connectivity index (χ3v) is 8.70. The summed E-state index contributed by atoms with van der Waals surface area (Å²) in [5.74, 6) is -1.15. The number of anilines is 1. The Morgan fingerprint density at radius 2 is 1.87 bits per heavy atom. The van der Waals surface area contributed by atoms with Crippen molar-refractivity contribution >= 4 is 51.7 Å². The maximum absolute atomic E-state index is 13.7. The summed E-state index contributed by atoms with van der Waals surface area (Å²) < 4.78 is 1.10. The van der Waals surface area contributed by atoms with Gasteiger partial charge in [0.1, 0.15) is 0 Å². The van der Waals surface area contributed by atoms with Gasteiger partial charge >= 0.3 is 0 Å². The lowest BCUT2D eigenvalue weighted by Crippen LogP contribution is -2.46. The summed E-state index contributed by atoms with van der Waals surface area (Å²) >= 11 is 8.53. The molecule has 0 fully saturated rings. The van der Waals surface area contributed by atoms with Crippen molar-refractivity contribution in [3.05, 3.63) is 110 Å². The molecule has 2 heterocycles. The van der Waals surface area contributed by atoms with Gasteiger partial charge in [0.2, 0.25) is 5.91 Å². The maximum Gasteiger partial charge on any atom is 0.264 e. The molecule has 0 radical (unpaired) electrons. The van der Waals surface area contributed by atoms with Crippen molar-refractivity contribution in [3.8, 4) is 0 Å². The molecule has 6 nitrogen and oxygen atoms in total. The molecule has 0 aliphatic carbocycles. The van der Waals surface area contributed by atoms with Crippen LogP contribution >= 0.6 is 34.2 Å². The average Bonchev–Trinajstić information content (AvgIpc) is 3.15. The highest BCUT2D eigenvalue weighted by atomic mass is 127. The van der Waals surface area contributed by atoms with Crippen molar-refractivity contribution in [1.82, 2.24) is 4.90 Å². The van der Waals surface area contributed by atoms with Crippen LogP contribution in [0.5, 0.6) is 0 Å². The van der Waals surface area contributed by atoms with Crippen LogP contribution in [0, 0.1) is 9.49 Å². The van der Waals surface area contributed by atoms with Gasteiger partial charge in [0.25, 0.3) is 5.91 Å². The van der Waals surface area contributed by atoms with E-state index < -0.39 is 17.4 Å². The summed E-state index contributed by atoms with van der Waals surface area (Å²) in [7, 11) is 0. The molecule has 5 rings (SSSR count). The van der Waals surface area contributed by atoms with Crippen LogP contribution in [0.1, 0.15) is 35.6 Å². The van der Waals surface area contributed by atoms with Crippen LogP contribution in [0.4, 0.5) is 5.69 Å². The van der Waals surface area contributed by atoms with E-state index in [9.17, 15) is 19.8 Å². The van der Waals surface area contributed by atoms with Crippen molar-refractivity contribution in [2.24, 2.45) is 5.92 Å². The third-order valence-electron chi connectivity index (χ3n) is 7.75. The second kappa shape index (κ2) is 11.4. The molecule has 0 aromatic heterocycles. The Kier molecular flexibility index (Phi) is 8.14. The zero-order valence-corrected chi connectivity index (χ0v) is 24.5. The largest absolute Gasteiger partial charge is 0.394 e. The van der Waals surface area contributed by atoms with Crippen molar-refractivity contribution < 1.29 is 19.8 Å². The number of aliphatic hydroxyl groups is 2. The topological polar surface area (TPSA) is 81.1 Å². The second-order valence-corrected chi connectivity index (χ2v) is 11.9. The lowest BCUT2D eigenvalue weighted by Gasteiger charge is -2.36. The van der Waals surface area contributed by atoms with Crippen molar-refractivity contribution in [1.29, 1.82) is 0 Å². The maximum atomic E-state index is 13.7. The first-order chi connectivity index (χ1) is 18.7. The molecular weight excluding hydrogens is 627 g/mol. The fourth-order valence-corrected chi connectivity index (χ4v) is 6.05. The normalized spacial score (nSPS) is 21.3. The lowest BCUT2D eigenvalue weighted by atomic mass is 9.83. The summed E-state index contributed by atoms with van der Waals surface area (Å²) in [5.41, 5.74) is 2.45. The van der Waals surface area contributed by atoms with Gasteiger partial charge in [-0.3, -0.25) is 9.59 Å². The summed E-state index contributed by atoms with van der Waals surface area (Å²) in [4.78, 5) is 30.2. The van der Waals surface area contributed by atoms with E-state index in [0.717, 1.165) is 20.3 Å². The van der Waals surface area contributed by atoms with Gasteiger partial charge in [-0.15, -0.1) is 0 Å². The average molecular weight is 657 g/mol. The molecule has 39 heavy (non-hydrogen) atoms. The van der Waals surface area contributed by atoms with Gasteiger partial charge in [-0.05, 0) is 76.0 Å². The third kappa shape index (κ3) is 5.37. The number of carbonyl (C=O) groups excluding carboxylic acids is 2. The summed E-state index contributed by atoms with van der Waals surface area (Å²) in [6.07, 6.45) is 4.14. The Morgan fingerprint density at radius 3 is 2.59 bits per heavy atom. The molecule has 3 aromatic rings. The van der Waals surface area contributed by atoms with Crippen LogP contribution in [-0.2, 0) is 34.7 Å². The van der Waals surface area contributed by atoms with Crippen LogP contribution in [0.3, 0.4) is 0 Å². The second-order valence-electron chi connectivity index (χ2n) is 10.2. The molecule has 0 bridgehead atoms. The Hall–Kier alpha value is -2.72. The number of rotatable bonds is 7. The minimum atomic E-state index is -1.82.